The van der Waals surface area contributed by atoms with Crippen LogP contribution in [-0.4, -0.2) is 17.3 Å². The SMILES string of the molecule is COc1nnccc1C(C)C. The van der Waals surface area contributed by atoms with Gasteiger partial charge in [0.25, 0.3) is 0 Å². The van der Waals surface area contributed by atoms with E-state index in [0.717, 1.165) is 5.56 Å². The molecule has 0 atom stereocenters. The van der Waals surface area contributed by atoms with Crippen molar-refractivity contribution in [3.8, 4) is 5.88 Å². The van der Waals surface area contributed by atoms with E-state index in [4.69, 9.17) is 4.74 Å². The zero-order valence-electron chi connectivity index (χ0n) is 7.03. The summed E-state index contributed by atoms with van der Waals surface area (Å²) in [7, 11) is 1.61. The Kier molecular flexibility index (Phi) is 2.41. The molecule has 0 N–H and O–H groups in total. The maximum atomic E-state index is 5.03. The second-order valence-corrected chi connectivity index (χ2v) is 2.65. The van der Waals surface area contributed by atoms with Crippen molar-refractivity contribution in [2.45, 2.75) is 19.8 Å². The Balaban J connectivity index is 3.02. The quantitative estimate of drug-likeness (QED) is 0.645. The lowest BCUT2D eigenvalue weighted by atomic mass is 10.1. The molecule has 0 aliphatic heterocycles. The van der Waals surface area contributed by atoms with E-state index in [1.54, 1.807) is 13.3 Å². The molecule has 0 aliphatic rings. The fraction of sp³-hybridized carbons (Fsp3) is 0.500. The zero-order valence-corrected chi connectivity index (χ0v) is 7.03. The van der Waals surface area contributed by atoms with Crippen LogP contribution in [0.15, 0.2) is 12.3 Å². The van der Waals surface area contributed by atoms with Crippen LogP contribution in [0.25, 0.3) is 0 Å². The molecule has 11 heavy (non-hydrogen) atoms. The summed E-state index contributed by atoms with van der Waals surface area (Å²) < 4.78 is 5.03. The second-order valence-electron chi connectivity index (χ2n) is 2.65. The van der Waals surface area contributed by atoms with Gasteiger partial charge in [0, 0.05) is 5.56 Å². The van der Waals surface area contributed by atoms with Gasteiger partial charge < -0.3 is 4.74 Å². The first-order valence-corrected chi connectivity index (χ1v) is 3.61. The zero-order chi connectivity index (χ0) is 8.27. The van der Waals surface area contributed by atoms with Crippen molar-refractivity contribution in [3.63, 3.8) is 0 Å². The number of methoxy groups -OCH3 is 1. The third-order valence-electron chi connectivity index (χ3n) is 1.53. The van der Waals surface area contributed by atoms with Crippen LogP contribution in [0.4, 0.5) is 0 Å². The molecule has 1 aromatic rings. The highest BCUT2D eigenvalue weighted by molar-refractivity contribution is 5.26. The molecule has 1 aromatic heterocycles. The number of aromatic nitrogens is 2. The fourth-order valence-corrected chi connectivity index (χ4v) is 0.927. The Labute approximate surface area is 66.4 Å². The van der Waals surface area contributed by atoms with E-state index in [1.165, 1.54) is 0 Å². The van der Waals surface area contributed by atoms with Crippen LogP contribution in [-0.2, 0) is 0 Å². The van der Waals surface area contributed by atoms with E-state index in [2.05, 4.69) is 24.0 Å². The summed E-state index contributed by atoms with van der Waals surface area (Å²) in [5, 5.41) is 7.57. The minimum absolute atomic E-state index is 0.431. The van der Waals surface area contributed by atoms with Crippen LogP contribution in [0.1, 0.15) is 25.3 Å². The van der Waals surface area contributed by atoms with Crippen LogP contribution in [0.5, 0.6) is 5.88 Å². The number of rotatable bonds is 2. The number of hydrogen-bond donors (Lipinski definition) is 0. The highest BCUT2D eigenvalue weighted by Crippen LogP contribution is 2.21. The van der Waals surface area contributed by atoms with Crippen molar-refractivity contribution >= 4 is 0 Å². The molecule has 0 unspecified atom stereocenters. The van der Waals surface area contributed by atoms with Gasteiger partial charge in [0.1, 0.15) is 0 Å². The Hall–Kier alpha value is -1.12. The average molecular weight is 152 g/mol. The predicted octanol–water partition coefficient (Wildman–Crippen LogP) is 1.61. The lowest BCUT2D eigenvalue weighted by Crippen LogP contribution is -1.97. The molecule has 1 rings (SSSR count). The maximum Gasteiger partial charge on any atom is 0.236 e. The first-order chi connectivity index (χ1) is 5.25. The van der Waals surface area contributed by atoms with Crippen molar-refractivity contribution in [2.75, 3.05) is 7.11 Å². The summed E-state index contributed by atoms with van der Waals surface area (Å²) in [4.78, 5) is 0. The van der Waals surface area contributed by atoms with Gasteiger partial charge >= 0.3 is 0 Å². The highest BCUT2D eigenvalue weighted by atomic mass is 16.5. The van der Waals surface area contributed by atoms with Gasteiger partial charge in [-0.2, -0.15) is 5.10 Å². The average Bonchev–Trinajstić information content (AvgIpc) is 2.04. The summed E-state index contributed by atoms with van der Waals surface area (Å²) in [6, 6.07) is 1.93. The molecule has 0 aliphatic carbocycles. The van der Waals surface area contributed by atoms with Crippen molar-refractivity contribution in [2.24, 2.45) is 0 Å². The van der Waals surface area contributed by atoms with Crippen LogP contribution in [0.3, 0.4) is 0 Å². The van der Waals surface area contributed by atoms with E-state index >= 15 is 0 Å². The third-order valence-corrected chi connectivity index (χ3v) is 1.53. The third kappa shape index (κ3) is 1.67. The molecule has 0 radical (unpaired) electrons. The van der Waals surface area contributed by atoms with Crippen molar-refractivity contribution in [3.05, 3.63) is 17.8 Å². The molecule has 3 nitrogen and oxygen atoms in total. The summed E-state index contributed by atoms with van der Waals surface area (Å²) in [6.45, 7) is 4.19. The summed E-state index contributed by atoms with van der Waals surface area (Å²) in [5.41, 5.74) is 1.10. The van der Waals surface area contributed by atoms with Crippen molar-refractivity contribution in [1.82, 2.24) is 10.2 Å². The second kappa shape index (κ2) is 3.32. The number of hydrogen-bond acceptors (Lipinski definition) is 3. The minimum Gasteiger partial charge on any atom is -0.480 e. The van der Waals surface area contributed by atoms with E-state index < -0.39 is 0 Å². The normalized spacial score (nSPS) is 10.2. The molecule has 0 saturated heterocycles. The first kappa shape index (κ1) is 7.98. The van der Waals surface area contributed by atoms with Crippen molar-refractivity contribution < 1.29 is 4.74 Å². The lowest BCUT2D eigenvalue weighted by molar-refractivity contribution is 0.384. The molecule has 60 valence electrons. The van der Waals surface area contributed by atoms with Gasteiger partial charge in [0.05, 0.1) is 13.3 Å². The molecule has 0 amide bonds. The van der Waals surface area contributed by atoms with Crippen LogP contribution < -0.4 is 4.74 Å². The lowest BCUT2D eigenvalue weighted by Gasteiger charge is -2.07. The van der Waals surface area contributed by atoms with E-state index in [9.17, 15) is 0 Å². The number of nitrogens with zero attached hydrogens (tertiary/aromatic N) is 2. The van der Waals surface area contributed by atoms with Crippen LogP contribution >= 0.6 is 0 Å². The molecular weight excluding hydrogens is 140 g/mol. The van der Waals surface area contributed by atoms with E-state index in [0.29, 0.717) is 11.8 Å². The standard InChI is InChI=1S/C8H12N2O/c1-6(2)7-4-5-9-10-8(7)11-3/h4-6H,1-3H3. The Morgan fingerprint density at radius 3 is 2.64 bits per heavy atom. The Morgan fingerprint density at radius 1 is 1.45 bits per heavy atom. The van der Waals surface area contributed by atoms with Gasteiger partial charge in [-0.05, 0) is 12.0 Å². The summed E-state index contributed by atoms with van der Waals surface area (Å²) in [6.07, 6.45) is 1.68. The summed E-state index contributed by atoms with van der Waals surface area (Å²) >= 11 is 0. The largest absolute Gasteiger partial charge is 0.480 e. The van der Waals surface area contributed by atoms with Crippen LogP contribution in [0.2, 0.25) is 0 Å². The molecule has 0 bridgehead atoms. The van der Waals surface area contributed by atoms with Gasteiger partial charge in [-0.25, -0.2) is 0 Å². The van der Waals surface area contributed by atoms with Gasteiger partial charge in [-0.3, -0.25) is 0 Å². The van der Waals surface area contributed by atoms with E-state index in [-0.39, 0.29) is 0 Å². The topological polar surface area (TPSA) is 35.0 Å². The van der Waals surface area contributed by atoms with Gasteiger partial charge in [0.15, 0.2) is 0 Å². The van der Waals surface area contributed by atoms with Gasteiger partial charge in [-0.1, -0.05) is 13.8 Å². The minimum atomic E-state index is 0.431. The van der Waals surface area contributed by atoms with Crippen LogP contribution in [0, 0.1) is 0 Å². The van der Waals surface area contributed by atoms with Gasteiger partial charge in [-0.15, -0.1) is 5.10 Å². The first-order valence-electron chi connectivity index (χ1n) is 3.61. The molecule has 1 heterocycles. The Morgan fingerprint density at radius 2 is 2.18 bits per heavy atom. The smallest absolute Gasteiger partial charge is 0.236 e. The van der Waals surface area contributed by atoms with E-state index in [1.807, 2.05) is 6.07 Å². The fourth-order valence-electron chi connectivity index (χ4n) is 0.927. The van der Waals surface area contributed by atoms with Crippen molar-refractivity contribution in [1.29, 1.82) is 0 Å². The molecule has 3 heteroatoms. The van der Waals surface area contributed by atoms with Gasteiger partial charge in [0.2, 0.25) is 5.88 Å². The molecule has 0 aromatic carbocycles. The molecule has 0 saturated carbocycles. The Bertz CT molecular complexity index is 235. The molecule has 0 spiro atoms. The molecular formula is C8H12N2O. The monoisotopic (exact) mass is 152 g/mol. The maximum absolute atomic E-state index is 5.03. The number of ether oxygens (including phenoxy) is 1. The highest BCUT2D eigenvalue weighted by Gasteiger charge is 2.06. The molecule has 0 fully saturated rings. The summed E-state index contributed by atoms with van der Waals surface area (Å²) in [5.74, 6) is 1.06. The predicted molar refractivity (Wildman–Crippen MR) is 42.7 cm³/mol.